The van der Waals surface area contributed by atoms with Gasteiger partial charge in [0, 0.05) is 24.9 Å². The summed E-state index contributed by atoms with van der Waals surface area (Å²) in [5.41, 5.74) is 5.37. The zero-order chi connectivity index (χ0) is 22.8. The molecule has 32 heavy (non-hydrogen) atoms. The van der Waals surface area contributed by atoms with Crippen LogP contribution in [-0.2, 0) is 28.9 Å². The van der Waals surface area contributed by atoms with Crippen LogP contribution in [0.3, 0.4) is 0 Å². The Balaban J connectivity index is 1.52. The highest BCUT2D eigenvalue weighted by Gasteiger charge is 2.15. The van der Waals surface area contributed by atoms with Gasteiger partial charge in [-0.05, 0) is 60.4 Å². The molecule has 0 aliphatic heterocycles. The van der Waals surface area contributed by atoms with E-state index >= 15 is 0 Å². The molecule has 1 atom stereocenters. The Hall–Kier alpha value is -3.47. The smallest absolute Gasteiger partial charge is 0.303 e. The Morgan fingerprint density at radius 1 is 1.00 bits per heavy atom. The summed E-state index contributed by atoms with van der Waals surface area (Å²) in [6.07, 6.45) is 4.27. The van der Waals surface area contributed by atoms with Crippen LogP contribution < -0.4 is 5.32 Å². The average Bonchev–Trinajstić information content (AvgIpc) is 2.79. The first kappa shape index (κ1) is 23.2. The molecule has 0 radical (unpaired) electrons. The lowest BCUT2D eigenvalue weighted by molar-refractivity contribution is -0.137. The van der Waals surface area contributed by atoms with Crippen molar-refractivity contribution in [1.82, 2.24) is 10.3 Å². The highest BCUT2D eigenvalue weighted by Crippen LogP contribution is 2.25. The second-order valence-electron chi connectivity index (χ2n) is 8.11. The van der Waals surface area contributed by atoms with E-state index in [1.54, 1.807) is 6.20 Å². The van der Waals surface area contributed by atoms with Crippen molar-refractivity contribution in [2.75, 3.05) is 6.54 Å². The van der Waals surface area contributed by atoms with Crippen molar-refractivity contribution >= 4 is 11.9 Å². The topological polar surface area (TPSA) is 79.3 Å². The van der Waals surface area contributed by atoms with E-state index in [0.717, 1.165) is 23.2 Å². The van der Waals surface area contributed by atoms with Gasteiger partial charge in [-0.15, -0.1) is 0 Å². The highest BCUT2D eigenvalue weighted by atomic mass is 16.4. The minimum Gasteiger partial charge on any atom is -0.481 e. The van der Waals surface area contributed by atoms with E-state index in [-0.39, 0.29) is 24.7 Å². The number of hydrogen-bond donors (Lipinski definition) is 2. The lowest BCUT2D eigenvalue weighted by Gasteiger charge is -2.17. The van der Waals surface area contributed by atoms with Crippen LogP contribution in [-0.4, -0.2) is 28.5 Å². The fourth-order valence-electron chi connectivity index (χ4n) is 3.83. The number of amides is 1. The number of carboxylic acids is 1. The Labute approximate surface area is 189 Å². The molecule has 0 saturated heterocycles. The van der Waals surface area contributed by atoms with Gasteiger partial charge in [-0.1, -0.05) is 60.7 Å². The first-order valence-corrected chi connectivity index (χ1v) is 11.0. The fourth-order valence-corrected chi connectivity index (χ4v) is 3.83. The van der Waals surface area contributed by atoms with E-state index in [4.69, 9.17) is 5.11 Å². The SMILES string of the molecule is Cc1ccccc1CCNC(=O)Cc1ccc(CC(CCC(=O)O)c2ccccc2)cn1. The van der Waals surface area contributed by atoms with Crippen molar-refractivity contribution in [3.8, 4) is 0 Å². The number of nitrogens with zero attached hydrogens (tertiary/aromatic N) is 1. The molecule has 0 aliphatic carbocycles. The monoisotopic (exact) mass is 430 g/mol. The molecular formula is C27H30N2O3. The lowest BCUT2D eigenvalue weighted by Crippen LogP contribution is -2.27. The minimum atomic E-state index is -0.784. The number of aromatic nitrogens is 1. The van der Waals surface area contributed by atoms with Crippen molar-refractivity contribution in [3.63, 3.8) is 0 Å². The highest BCUT2D eigenvalue weighted by molar-refractivity contribution is 5.78. The van der Waals surface area contributed by atoms with Gasteiger partial charge in [0.15, 0.2) is 0 Å². The maximum atomic E-state index is 12.3. The van der Waals surface area contributed by atoms with Crippen molar-refractivity contribution in [1.29, 1.82) is 0 Å². The van der Waals surface area contributed by atoms with Crippen LogP contribution in [0.1, 0.15) is 46.7 Å². The van der Waals surface area contributed by atoms with Gasteiger partial charge in [-0.25, -0.2) is 0 Å². The number of rotatable bonds is 11. The Morgan fingerprint density at radius 2 is 1.75 bits per heavy atom. The number of carbonyl (C=O) groups is 2. The number of carbonyl (C=O) groups excluding carboxylic acids is 1. The molecule has 2 aromatic carbocycles. The summed E-state index contributed by atoms with van der Waals surface area (Å²) in [7, 11) is 0. The Kier molecular flexibility index (Phi) is 8.55. The van der Waals surface area contributed by atoms with Gasteiger partial charge < -0.3 is 10.4 Å². The summed E-state index contributed by atoms with van der Waals surface area (Å²) in [5, 5.41) is 12.1. The van der Waals surface area contributed by atoms with Crippen molar-refractivity contribution < 1.29 is 14.7 Å². The molecule has 166 valence electrons. The van der Waals surface area contributed by atoms with E-state index in [2.05, 4.69) is 29.4 Å². The quantitative estimate of drug-likeness (QED) is 0.470. The van der Waals surface area contributed by atoms with Crippen LogP contribution in [0.5, 0.6) is 0 Å². The number of pyridine rings is 1. The maximum absolute atomic E-state index is 12.3. The summed E-state index contributed by atoms with van der Waals surface area (Å²) in [6.45, 7) is 2.68. The standard InChI is InChI=1S/C27H30N2O3/c1-20-7-5-6-8-22(20)15-16-28-26(30)18-25-13-11-21(19-29-25)17-24(12-14-27(31)32)23-9-3-2-4-10-23/h2-11,13,19,24H,12,14-18H2,1H3,(H,28,30)(H,31,32). The fraction of sp³-hybridized carbons (Fsp3) is 0.296. The molecule has 1 aromatic heterocycles. The summed E-state index contributed by atoms with van der Waals surface area (Å²) in [4.78, 5) is 27.8. The number of nitrogens with one attached hydrogen (secondary N) is 1. The van der Waals surface area contributed by atoms with Gasteiger partial charge in [0.1, 0.15) is 0 Å². The molecule has 1 unspecified atom stereocenters. The molecule has 0 saturated carbocycles. The zero-order valence-electron chi connectivity index (χ0n) is 18.5. The second kappa shape index (κ2) is 11.8. The van der Waals surface area contributed by atoms with Crippen molar-refractivity contribution in [3.05, 3.63) is 101 Å². The molecule has 0 spiro atoms. The van der Waals surface area contributed by atoms with Crippen LogP contribution in [0.25, 0.3) is 0 Å². The third-order valence-corrected chi connectivity index (χ3v) is 5.67. The first-order valence-electron chi connectivity index (χ1n) is 11.0. The summed E-state index contributed by atoms with van der Waals surface area (Å²) in [6, 6.07) is 22.0. The normalized spacial score (nSPS) is 11.7. The summed E-state index contributed by atoms with van der Waals surface area (Å²) < 4.78 is 0. The number of aliphatic carboxylic acids is 1. The Bertz CT molecular complexity index is 1020. The van der Waals surface area contributed by atoms with Gasteiger partial charge in [-0.3, -0.25) is 14.6 Å². The molecule has 5 heteroatoms. The number of benzene rings is 2. The van der Waals surface area contributed by atoms with E-state index < -0.39 is 5.97 Å². The molecule has 5 nitrogen and oxygen atoms in total. The van der Waals surface area contributed by atoms with E-state index in [9.17, 15) is 9.59 Å². The van der Waals surface area contributed by atoms with Crippen LogP contribution in [0.4, 0.5) is 0 Å². The van der Waals surface area contributed by atoms with Gasteiger partial charge in [-0.2, -0.15) is 0 Å². The van der Waals surface area contributed by atoms with Gasteiger partial charge in [0.25, 0.3) is 0 Å². The molecule has 1 amide bonds. The summed E-state index contributed by atoms with van der Waals surface area (Å²) >= 11 is 0. The van der Waals surface area contributed by atoms with Crippen molar-refractivity contribution in [2.24, 2.45) is 0 Å². The molecule has 0 fully saturated rings. The molecule has 0 aliphatic rings. The maximum Gasteiger partial charge on any atom is 0.303 e. The molecule has 3 aromatic rings. The van der Waals surface area contributed by atoms with Gasteiger partial charge >= 0.3 is 5.97 Å². The minimum absolute atomic E-state index is 0.0394. The van der Waals surface area contributed by atoms with E-state index in [1.165, 1.54) is 11.1 Å². The lowest BCUT2D eigenvalue weighted by atomic mass is 9.88. The van der Waals surface area contributed by atoms with Crippen LogP contribution in [0, 0.1) is 6.92 Å². The third kappa shape index (κ3) is 7.34. The number of aryl methyl sites for hydroxylation is 1. The van der Waals surface area contributed by atoms with Crippen LogP contribution >= 0.6 is 0 Å². The predicted molar refractivity (Wildman–Crippen MR) is 126 cm³/mol. The zero-order valence-corrected chi connectivity index (χ0v) is 18.5. The second-order valence-corrected chi connectivity index (χ2v) is 8.11. The van der Waals surface area contributed by atoms with E-state index in [0.29, 0.717) is 19.4 Å². The molecule has 1 heterocycles. The van der Waals surface area contributed by atoms with E-state index in [1.807, 2.05) is 54.6 Å². The third-order valence-electron chi connectivity index (χ3n) is 5.67. The first-order chi connectivity index (χ1) is 15.5. The van der Waals surface area contributed by atoms with Crippen LogP contribution in [0.15, 0.2) is 72.9 Å². The van der Waals surface area contributed by atoms with Crippen molar-refractivity contribution in [2.45, 2.75) is 44.9 Å². The predicted octanol–water partition coefficient (Wildman–Crippen LogP) is 4.48. The largest absolute Gasteiger partial charge is 0.481 e. The Morgan fingerprint density at radius 3 is 2.44 bits per heavy atom. The average molecular weight is 431 g/mol. The molecule has 2 N–H and O–H groups in total. The number of hydrogen-bond acceptors (Lipinski definition) is 3. The summed E-state index contributed by atoms with van der Waals surface area (Å²) in [5.74, 6) is -0.708. The van der Waals surface area contributed by atoms with Gasteiger partial charge in [0.05, 0.1) is 6.42 Å². The molecule has 0 bridgehead atoms. The van der Waals surface area contributed by atoms with Crippen LogP contribution in [0.2, 0.25) is 0 Å². The van der Waals surface area contributed by atoms with Gasteiger partial charge in [0.2, 0.25) is 5.91 Å². The number of carboxylic acid groups (broad SMARTS) is 1. The molecular weight excluding hydrogens is 400 g/mol. The molecule has 3 rings (SSSR count).